The number of amides is 2. The number of anilines is 1. The molecule has 160 valence electrons. The van der Waals surface area contributed by atoms with Crippen molar-refractivity contribution in [1.82, 2.24) is 9.88 Å². The van der Waals surface area contributed by atoms with E-state index >= 15 is 0 Å². The standard InChI is InChI=1S/C23H22ClN3O4/c1-14-5-4-6-15(2)22(14)26-20(28)12-27(3)21(29)13-31-23(30)17-7-9-18-16(11-17)8-10-19(24)25-18/h4-11H,12-13H2,1-3H3,(H,26,28). The summed E-state index contributed by atoms with van der Waals surface area (Å²) < 4.78 is 5.11. The molecule has 8 heteroatoms. The van der Waals surface area contributed by atoms with E-state index in [0.717, 1.165) is 22.2 Å². The Bertz CT molecular complexity index is 1140. The third-order valence-corrected chi connectivity index (χ3v) is 4.98. The second kappa shape index (κ2) is 9.57. The molecule has 0 aliphatic heterocycles. The van der Waals surface area contributed by atoms with Gasteiger partial charge in [-0.1, -0.05) is 29.8 Å². The molecule has 0 spiro atoms. The number of pyridine rings is 1. The fourth-order valence-corrected chi connectivity index (χ4v) is 3.20. The lowest BCUT2D eigenvalue weighted by molar-refractivity contribution is -0.136. The Kier molecular flexibility index (Phi) is 6.87. The largest absolute Gasteiger partial charge is 0.452 e. The normalized spacial score (nSPS) is 10.6. The first kappa shape index (κ1) is 22.2. The highest BCUT2D eigenvalue weighted by Crippen LogP contribution is 2.19. The molecule has 0 saturated carbocycles. The first-order chi connectivity index (χ1) is 14.7. The molecular formula is C23H22ClN3O4. The maximum Gasteiger partial charge on any atom is 0.338 e. The molecule has 0 fully saturated rings. The van der Waals surface area contributed by atoms with Gasteiger partial charge in [-0.2, -0.15) is 0 Å². The number of halogens is 1. The number of fused-ring (bicyclic) bond motifs is 1. The Labute approximate surface area is 185 Å². The predicted molar refractivity (Wildman–Crippen MR) is 119 cm³/mol. The van der Waals surface area contributed by atoms with Crippen LogP contribution in [-0.4, -0.2) is 47.9 Å². The van der Waals surface area contributed by atoms with Crippen molar-refractivity contribution in [2.75, 3.05) is 25.5 Å². The molecule has 2 aromatic carbocycles. The minimum atomic E-state index is -0.640. The number of hydrogen-bond donors (Lipinski definition) is 1. The van der Waals surface area contributed by atoms with Gasteiger partial charge in [-0.25, -0.2) is 9.78 Å². The monoisotopic (exact) mass is 439 g/mol. The van der Waals surface area contributed by atoms with Gasteiger partial charge < -0.3 is 15.0 Å². The third kappa shape index (κ3) is 5.58. The van der Waals surface area contributed by atoms with Crippen LogP contribution in [0.3, 0.4) is 0 Å². The molecule has 1 N–H and O–H groups in total. The lowest BCUT2D eigenvalue weighted by atomic mass is 10.1. The minimum Gasteiger partial charge on any atom is -0.452 e. The van der Waals surface area contributed by atoms with Crippen LogP contribution in [0.1, 0.15) is 21.5 Å². The van der Waals surface area contributed by atoms with Crippen LogP contribution >= 0.6 is 11.6 Å². The van der Waals surface area contributed by atoms with E-state index in [4.69, 9.17) is 16.3 Å². The van der Waals surface area contributed by atoms with Crippen LogP contribution in [0.5, 0.6) is 0 Å². The van der Waals surface area contributed by atoms with Crippen LogP contribution in [0, 0.1) is 13.8 Å². The Hall–Kier alpha value is -3.45. The van der Waals surface area contributed by atoms with E-state index in [1.54, 1.807) is 30.3 Å². The number of carbonyl (C=O) groups excluding carboxylic acids is 3. The molecule has 0 atom stereocenters. The Morgan fingerprint density at radius 2 is 1.77 bits per heavy atom. The zero-order valence-corrected chi connectivity index (χ0v) is 18.2. The van der Waals surface area contributed by atoms with Crippen molar-refractivity contribution in [2.45, 2.75) is 13.8 Å². The van der Waals surface area contributed by atoms with Crippen LogP contribution in [0.2, 0.25) is 5.15 Å². The summed E-state index contributed by atoms with van der Waals surface area (Å²) in [6, 6.07) is 13.9. The van der Waals surface area contributed by atoms with Crippen molar-refractivity contribution in [2.24, 2.45) is 0 Å². The number of rotatable bonds is 6. The number of aromatic nitrogens is 1. The van der Waals surface area contributed by atoms with Crippen LogP contribution in [-0.2, 0) is 14.3 Å². The van der Waals surface area contributed by atoms with Gasteiger partial charge in [0.25, 0.3) is 5.91 Å². The molecule has 0 aliphatic rings. The molecular weight excluding hydrogens is 418 g/mol. The summed E-state index contributed by atoms with van der Waals surface area (Å²) in [6.07, 6.45) is 0. The summed E-state index contributed by atoms with van der Waals surface area (Å²) in [4.78, 5) is 42.3. The van der Waals surface area contributed by atoms with Gasteiger partial charge in [0.15, 0.2) is 6.61 Å². The van der Waals surface area contributed by atoms with E-state index in [-0.39, 0.29) is 12.5 Å². The van der Waals surface area contributed by atoms with Gasteiger partial charge in [0.2, 0.25) is 5.91 Å². The molecule has 1 aromatic heterocycles. The van der Waals surface area contributed by atoms with Crippen molar-refractivity contribution in [3.8, 4) is 0 Å². The Morgan fingerprint density at radius 3 is 2.48 bits per heavy atom. The fraction of sp³-hybridized carbons (Fsp3) is 0.217. The average Bonchev–Trinajstić information content (AvgIpc) is 2.74. The molecule has 0 unspecified atom stereocenters. The summed E-state index contributed by atoms with van der Waals surface area (Å²) in [5.74, 6) is -1.46. The van der Waals surface area contributed by atoms with Gasteiger partial charge >= 0.3 is 5.97 Å². The molecule has 2 amide bonds. The highest BCUT2D eigenvalue weighted by molar-refractivity contribution is 6.29. The van der Waals surface area contributed by atoms with Gasteiger partial charge in [0, 0.05) is 18.1 Å². The van der Waals surface area contributed by atoms with E-state index in [2.05, 4.69) is 10.3 Å². The molecule has 0 saturated heterocycles. The fourth-order valence-electron chi connectivity index (χ4n) is 3.04. The quantitative estimate of drug-likeness (QED) is 0.466. The van der Waals surface area contributed by atoms with E-state index in [0.29, 0.717) is 16.2 Å². The van der Waals surface area contributed by atoms with E-state index in [1.807, 2.05) is 32.0 Å². The number of likely N-dealkylation sites (N-methyl/N-ethyl adjacent to an activating group) is 1. The molecule has 3 aromatic rings. The highest BCUT2D eigenvalue weighted by atomic mass is 35.5. The van der Waals surface area contributed by atoms with Crippen molar-refractivity contribution < 1.29 is 19.1 Å². The summed E-state index contributed by atoms with van der Waals surface area (Å²) in [6.45, 7) is 3.16. The average molecular weight is 440 g/mol. The molecule has 0 bridgehead atoms. The lowest BCUT2D eigenvalue weighted by Crippen LogP contribution is -2.37. The van der Waals surface area contributed by atoms with Crippen molar-refractivity contribution >= 4 is 46.0 Å². The number of nitrogens with one attached hydrogen (secondary N) is 1. The van der Waals surface area contributed by atoms with Gasteiger partial charge in [-0.05, 0) is 55.3 Å². The molecule has 0 radical (unpaired) electrons. The van der Waals surface area contributed by atoms with Crippen molar-refractivity contribution in [3.05, 3.63) is 70.4 Å². The first-order valence-corrected chi connectivity index (χ1v) is 9.96. The number of aryl methyl sites for hydroxylation is 2. The molecule has 7 nitrogen and oxygen atoms in total. The number of carbonyl (C=O) groups is 3. The third-order valence-electron chi connectivity index (χ3n) is 4.77. The lowest BCUT2D eigenvalue weighted by Gasteiger charge is -2.18. The number of para-hydroxylation sites is 1. The molecule has 3 rings (SSSR count). The second-order valence-electron chi connectivity index (χ2n) is 7.18. The van der Waals surface area contributed by atoms with Gasteiger partial charge in [-0.3, -0.25) is 9.59 Å². The Morgan fingerprint density at radius 1 is 1.06 bits per heavy atom. The topological polar surface area (TPSA) is 88.6 Å². The van der Waals surface area contributed by atoms with E-state index < -0.39 is 18.5 Å². The molecule has 31 heavy (non-hydrogen) atoms. The van der Waals surface area contributed by atoms with Crippen molar-refractivity contribution in [3.63, 3.8) is 0 Å². The van der Waals surface area contributed by atoms with Crippen LogP contribution in [0.4, 0.5) is 5.69 Å². The van der Waals surface area contributed by atoms with Crippen LogP contribution in [0.15, 0.2) is 48.5 Å². The number of benzene rings is 2. The summed E-state index contributed by atoms with van der Waals surface area (Å²) in [5, 5.41) is 3.91. The predicted octanol–water partition coefficient (Wildman–Crippen LogP) is 3.76. The van der Waals surface area contributed by atoms with Crippen LogP contribution in [0.25, 0.3) is 10.9 Å². The smallest absolute Gasteiger partial charge is 0.338 e. The second-order valence-corrected chi connectivity index (χ2v) is 7.57. The van der Waals surface area contributed by atoms with Gasteiger partial charge in [-0.15, -0.1) is 0 Å². The molecule has 0 aliphatic carbocycles. The SMILES string of the molecule is Cc1cccc(C)c1NC(=O)CN(C)C(=O)COC(=O)c1ccc2nc(Cl)ccc2c1. The summed E-state index contributed by atoms with van der Waals surface area (Å²) in [5.41, 5.74) is 3.54. The van der Waals surface area contributed by atoms with E-state index in [1.165, 1.54) is 11.9 Å². The number of hydrogen-bond acceptors (Lipinski definition) is 5. The van der Waals surface area contributed by atoms with Crippen molar-refractivity contribution in [1.29, 1.82) is 0 Å². The number of nitrogens with zero attached hydrogens (tertiary/aromatic N) is 2. The van der Waals surface area contributed by atoms with Crippen LogP contribution < -0.4 is 5.32 Å². The number of ether oxygens (including phenoxy) is 1. The minimum absolute atomic E-state index is 0.160. The maximum atomic E-state index is 12.3. The van der Waals surface area contributed by atoms with Gasteiger partial charge in [0.05, 0.1) is 17.6 Å². The maximum absolute atomic E-state index is 12.3. The summed E-state index contributed by atoms with van der Waals surface area (Å²) >= 11 is 5.86. The zero-order valence-electron chi connectivity index (χ0n) is 17.4. The summed E-state index contributed by atoms with van der Waals surface area (Å²) in [7, 11) is 1.48. The van der Waals surface area contributed by atoms with Gasteiger partial charge in [0.1, 0.15) is 5.15 Å². The molecule has 1 heterocycles. The first-order valence-electron chi connectivity index (χ1n) is 9.58. The Balaban J connectivity index is 1.54. The highest BCUT2D eigenvalue weighted by Gasteiger charge is 2.17. The zero-order chi connectivity index (χ0) is 22.5. The number of esters is 1. The van der Waals surface area contributed by atoms with E-state index in [9.17, 15) is 14.4 Å².